The van der Waals surface area contributed by atoms with Crippen LogP contribution in [0.1, 0.15) is 23.2 Å². The topological polar surface area (TPSA) is 69.9 Å². The summed E-state index contributed by atoms with van der Waals surface area (Å²) in [6, 6.07) is 9.51. The first kappa shape index (κ1) is 20.6. The van der Waals surface area contributed by atoms with Gasteiger partial charge in [0.1, 0.15) is 19.0 Å². The molecule has 148 valence electrons. The third-order valence-corrected chi connectivity index (χ3v) is 3.34. The predicted molar refractivity (Wildman–Crippen MR) is 89.8 cm³/mol. The highest BCUT2D eigenvalue weighted by Gasteiger charge is 2.27. The van der Waals surface area contributed by atoms with Crippen molar-refractivity contribution in [2.75, 3.05) is 20.3 Å². The number of hydrogen-bond donors (Lipinski definition) is 1. The van der Waals surface area contributed by atoms with Crippen LogP contribution < -0.4 is 14.8 Å². The number of hydrogen-bond acceptors (Lipinski definition) is 5. The summed E-state index contributed by atoms with van der Waals surface area (Å²) in [7, 11) is 1.52. The van der Waals surface area contributed by atoms with Crippen molar-refractivity contribution in [1.82, 2.24) is 5.32 Å². The van der Waals surface area contributed by atoms with Crippen LogP contribution in [0.25, 0.3) is 0 Å². The third kappa shape index (κ3) is 6.86. The summed E-state index contributed by atoms with van der Waals surface area (Å²) in [6.45, 7) is -0.0189. The van der Waals surface area contributed by atoms with Crippen LogP contribution in [0.3, 0.4) is 0 Å². The minimum Gasteiger partial charge on any atom is -0.493 e. The Hall–Kier alpha value is -2.68. The number of nitrogens with one attached hydrogen (secondary N) is 1. The molecule has 0 bridgehead atoms. The number of carbonyl (C=O) groups is 1. The fourth-order valence-corrected chi connectivity index (χ4v) is 2.15. The van der Waals surface area contributed by atoms with E-state index in [2.05, 4.69) is 10.1 Å². The highest BCUT2D eigenvalue weighted by Crippen LogP contribution is 2.26. The van der Waals surface area contributed by atoms with E-state index in [1.807, 2.05) is 0 Å². The minimum absolute atomic E-state index is 0.0244. The van der Waals surface area contributed by atoms with Gasteiger partial charge >= 0.3 is 6.18 Å². The average Bonchev–Trinajstić information content (AvgIpc) is 3.08. The van der Waals surface area contributed by atoms with Gasteiger partial charge in [-0.2, -0.15) is 13.2 Å². The average molecular weight is 387 g/mol. The molecular formula is C18H20F3NO5. The summed E-state index contributed by atoms with van der Waals surface area (Å²) in [5.41, 5.74) is 0. The zero-order valence-electron chi connectivity index (χ0n) is 14.8. The second kappa shape index (κ2) is 9.31. The van der Waals surface area contributed by atoms with Crippen LogP contribution in [0.4, 0.5) is 13.2 Å². The van der Waals surface area contributed by atoms with Crippen molar-refractivity contribution in [2.45, 2.75) is 25.7 Å². The first-order valence-corrected chi connectivity index (χ1v) is 8.08. The van der Waals surface area contributed by atoms with Crippen LogP contribution in [-0.2, 0) is 11.3 Å². The predicted octanol–water partition coefficient (Wildman–Crippen LogP) is 3.56. The molecule has 9 heteroatoms. The largest absolute Gasteiger partial charge is 0.493 e. The molecule has 1 aromatic carbocycles. The van der Waals surface area contributed by atoms with Crippen LogP contribution in [0.2, 0.25) is 0 Å². The van der Waals surface area contributed by atoms with Gasteiger partial charge in [-0.15, -0.1) is 0 Å². The maximum atomic E-state index is 12.1. The fraction of sp³-hybridized carbons (Fsp3) is 0.389. The molecule has 1 N–H and O–H groups in total. The van der Waals surface area contributed by atoms with Gasteiger partial charge in [-0.1, -0.05) is 12.1 Å². The first-order valence-electron chi connectivity index (χ1n) is 8.08. The Morgan fingerprint density at radius 3 is 2.56 bits per heavy atom. The Morgan fingerprint density at radius 2 is 1.89 bits per heavy atom. The third-order valence-electron chi connectivity index (χ3n) is 3.34. The van der Waals surface area contributed by atoms with E-state index < -0.39 is 24.7 Å². The molecule has 27 heavy (non-hydrogen) atoms. The Balaban J connectivity index is 1.82. The van der Waals surface area contributed by atoms with E-state index in [1.165, 1.54) is 20.1 Å². The molecule has 1 atom stereocenters. The first-order chi connectivity index (χ1) is 12.8. The molecule has 0 aliphatic heterocycles. The lowest BCUT2D eigenvalue weighted by Crippen LogP contribution is -2.36. The van der Waals surface area contributed by atoms with E-state index in [4.69, 9.17) is 13.9 Å². The summed E-state index contributed by atoms with van der Waals surface area (Å²) >= 11 is 0. The second-order valence-corrected chi connectivity index (χ2v) is 5.71. The van der Waals surface area contributed by atoms with Gasteiger partial charge in [-0.25, -0.2) is 0 Å². The monoisotopic (exact) mass is 387 g/mol. The van der Waals surface area contributed by atoms with Gasteiger partial charge in [0.2, 0.25) is 0 Å². The molecule has 2 aromatic rings. The van der Waals surface area contributed by atoms with Gasteiger partial charge in [-0.3, -0.25) is 4.79 Å². The summed E-state index contributed by atoms with van der Waals surface area (Å²) in [5, 5.41) is 2.50. The number of rotatable bonds is 9. The number of amides is 1. The van der Waals surface area contributed by atoms with Crippen molar-refractivity contribution >= 4 is 5.91 Å². The standard InChI is InChI=1S/C18H20F3NO5/c1-12(9-25-11-18(19,20)21)22-17(23)16-8-7-13(27-16)10-26-15-6-4-3-5-14(15)24-2/h3-8,12H,9-11H2,1-2H3,(H,22,23). The minimum atomic E-state index is -4.40. The van der Waals surface area contributed by atoms with Crippen molar-refractivity contribution in [3.8, 4) is 11.5 Å². The Kier molecular flexibility index (Phi) is 7.12. The Morgan fingerprint density at radius 1 is 1.19 bits per heavy atom. The van der Waals surface area contributed by atoms with Gasteiger partial charge in [-0.05, 0) is 31.2 Å². The van der Waals surface area contributed by atoms with Crippen molar-refractivity contribution in [3.05, 3.63) is 47.9 Å². The normalized spacial score (nSPS) is 12.5. The molecule has 1 amide bonds. The van der Waals surface area contributed by atoms with Gasteiger partial charge in [0.15, 0.2) is 17.3 Å². The van der Waals surface area contributed by atoms with E-state index in [0.29, 0.717) is 17.3 Å². The summed E-state index contributed by atoms with van der Waals surface area (Å²) in [4.78, 5) is 12.1. The Bertz CT molecular complexity index is 745. The molecule has 6 nitrogen and oxygen atoms in total. The molecule has 0 saturated heterocycles. The summed E-state index contributed by atoms with van der Waals surface area (Å²) in [5.74, 6) is 0.970. The van der Waals surface area contributed by atoms with Gasteiger partial charge in [0, 0.05) is 6.04 Å². The van der Waals surface area contributed by atoms with E-state index in [0.717, 1.165) is 0 Å². The van der Waals surface area contributed by atoms with Crippen LogP contribution in [0.15, 0.2) is 40.8 Å². The van der Waals surface area contributed by atoms with Crippen molar-refractivity contribution in [3.63, 3.8) is 0 Å². The lowest BCUT2D eigenvalue weighted by atomic mass is 10.3. The number of ether oxygens (including phenoxy) is 3. The van der Waals surface area contributed by atoms with Gasteiger partial charge in [0.05, 0.1) is 13.7 Å². The fourth-order valence-electron chi connectivity index (χ4n) is 2.15. The summed E-state index contributed by atoms with van der Waals surface area (Å²) in [6.07, 6.45) is -4.40. The Labute approximate surface area is 154 Å². The molecule has 0 radical (unpaired) electrons. The van der Waals surface area contributed by atoms with Crippen LogP contribution in [0.5, 0.6) is 11.5 Å². The van der Waals surface area contributed by atoms with Gasteiger partial charge in [0.25, 0.3) is 5.91 Å². The zero-order valence-corrected chi connectivity index (χ0v) is 14.8. The summed E-state index contributed by atoms with van der Waals surface area (Å²) < 4.78 is 56.8. The number of methoxy groups -OCH3 is 1. The van der Waals surface area contributed by atoms with E-state index in [-0.39, 0.29) is 19.0 Å². The molecule has 0 saturated carbocycles. The van der Waals surface area contributed by atoms with Crippen LogP contribution in [0, 0.1) is 0 Å². The molecule has 1 unspecified atom stereocenters. The molecule has 0 fully saturated rings. The van der Waals surface area contributed by atoms with E-state index in [1.54, 1.807) is 30.3 Å². The van der Waals surface area contributed by atoms with E-state index in [9.17, 15) is 18.0 Å². The van der Waals surface area contributed by atoms with Crippen LogP contribution >= 0.6 is 0 Å². The molecule has 1 heterocycles. The molecule has 0 spiro atoms. The van der Waals surface area contributed by atoms with Crippen molar-refractivity contribution in [2.24, 2.45) is 0 Å². The smallest absolute Gasteiger partial charge is 0.411 e. The maximum absolute atomic E-state index is 12.1. The highest BCUT2D eigenvalue weighted by molar-refractivity contribution is 5.91. The number of furan rings is 1. The quantitative estimate of drug-likeness (QED) is 0.713. The number of benzene rings is 1. The van der Waals surface area contributed by atoms with Crippen molar-refractivity contribution in [1.29, 1.82) is 0 Å². The maximum Gasteiger partial charge on any atom is 0.411 e. The molecule has 0 aliphatic carbocycles. The lowest BCUT2D eigenvalue weighted by molar-refractivity contribution is -0.174. The lowest BCUT2D eigenvalue weighted by Gasteiger charge is -2.14. The van der Waals surface area contributed by atoms with Gasteiger partial charge < -0.3 is 23.9 Å². The van der Waals surface area contributed by atoms with Crippen LogP contribution in [-0.4, -0.2) is 38.4 Å². The molecule has 1 aromatic heterocycles. The molecule has 2 rings (SSSR count). The highest BCUT2D eigenvalue weighted by atomic mass is 19.4. The number of halogens is 3. The second-order valence-electron chi connectivity index (χ2n) is 5.71. The number of para-hydroxylation sites is 2. The molecule has 0 aliphatic rings. The zero-order chi connectivity index (χ0) is 19.9. The number of alkyl halides is 3. The SMILES string of the molecule is COc1ccccc1OCc1ccc(C(=O)NC(C)COCC(F)(F)F)o1. The van der Waals surface area contributed by atoms with E-state index >= 15 is 0 Å². The molecular weight excluding hydrogens is 367 g/mol. The number of carbonyl (C=O) groups excluding carboxylic acids is 1. The van der Waals surface area contributed by atoms with Crippen molar-refractivity contribution < 1.29 is 36.6 Å².